The topological polar surface area (TPSA) is 95.9 Å². The van der Waals surface area contributed by atoms with Crippen LogP contribution in [0.5, 0.6) is 0 Å². The second-order valence-corrected chi connectivity index (χ2v) is 18.6. The Labute approximate surface area is 374 Å². The Morgan fingerprint density at radius 1 is 0.450 bits per heavy atom. The largest absolute Gasteiger partial charge is 0.466 e. The number of nitrogens with one attached hydrogen (secondary N) is 1. The molecule has 0 aromatic heterocycles. The number of aliphatic hydroxyl groups is 2. The van der Waals surface area contributed by atoms with Gasteiger partial charge in [0.05, 0.1) is 25.4 Å². The average Bonchev–Trinajstić information content (AvgIpc) is 3.25. The summed E-state index contributed by atoms with van der Waals surface area (Å²) in [6.07, 6.45) is 58.0. The predicted octanol–water partition coefficient (Wildman–Crippen LogP) is 16.1. The summed E-state index contributed by atoms with van der Waals surface area (Å²) in [5, 5.41) is 22.9. The molecule has 0 heterocycles. The lowest BCUT2D eigenvalue weighted by Crippen LogP contribution is -2.45. The maximum atomic E-state index is 12.4. The van der Waals surface area contributed by atoms with Gasteiger partial charge in [0, 0.05) is 12.8 Å². The van der Waals surface area contributed by atoms with Crippen molar-refractivity contribution in [1.29, 1.82) is 0 Å². The van der Waals surface area contributed by atoms with Crippen molar-refractivity contribution >= 4 is 11.9 Å². The highest BCUT2D eigenvalue weighted by Gasteiger charge is 2.18. The summed E-state index contributed by atoms with van der Waals surface area (Å²) in [5.41, 5.74) is 0. The summed E-state index contributed by atoms with van der Waals surface area (Å²) in [6, 6.07) is -0.631. The number of unbranched alkanes of at least 4 members (excludes halogenated alkanes) is 39. The molecule has 0 aliphatic heterocycles. The van der Waals surface area contributed by atoms with Crippen LogP contribution in [0.3, 0.4) is 0 Å². The number of esters is 1. The van der Waals surface area contributed by atoms with Gasteiger partial charge in [-0.2, -0.15) is 0 Å². The van der Waals surface area contributed by atoms with Gasteiger partial charge in [-0.3, -0.25) is 9.59 Å². The van der Waals surface area contributed by atoms with Crippen LogP contribution >= 0.6 is 0 Å². The van der Waals surface area contributed by atoms with Crippen LogP contribution in [0.25, 0.3) is 0 Å². The van der Waals surface area contributed by atoms with Crippen molar-refractivity contribution in [2.45, 2.75) is 309 Å². The summed E-state index contributed by atoms with van der Waals surface area (Å²) in [6.45, 7) is 4.87. The van der Waals surface area contributed by atoms with Crippen LogP contribution in [0.15, 0.2) is 12.2 Å². The zero-order valence-corrected chi connectivity index (χ0v) is 40.5. The molecule has 0 bridgehead atoms. The molecule has 3 N–H and O–H groups in total. The molecule has 0 rings (SSSR count). The third-order valence-corrected chi connectivity index (χ3v) is 12.6. The summed E-state index contributed by atoms with van der Waals surface area (Å²) in [4.78, 5) is 24.4. The van der Waals surface area contributed by atoms with Gasteiger partial charge in [-0.05, 0) is 32.1 Å². The molecule has 6 nitrogen and oxygen atoms in total. The molecule has 60 heavy (non-hydrogen) atoms. The van der Waals surface area contributed by atoms with E-state index in [1.807, 2.05) is 6.08 Å². The number of hydrogen-bond donors (Lipinski definition) is 3. The van der Waals surface area contributed by atoms with Crippen molar-refractivity contribution in [3.63, 3.8) is 0 Å². The maximum absolute atomic E-state index is 12.4. The quantitative estimate of drug-likeness (QED) is 0.0322. The number of ether oxygens (including phenoxy) is 1. The molecule has 0 aromatic carbocycles. The van der Waals surface area contributed by atoms with Gasteiger partial charge >= 0.3 is 5.97 Å². The molecule has 0 radical (unpaired) electrons. The van der Waals surface area contributed by atoms with Crippen molar-refractivity contribution in [2.75, 3.05) is 13.2 Å². The molecule has 2 unspecified atom stereocenters. The van der Waals surface area contributed by atoms with E-state index in [0.717, 1.165) is 44.9 Å². The van der Waals surface area contributed by atoms with Crippen molar-refractivity contribution in [3.8, 4) is 0 Å². The second-order valence-electron chi connectivity index (χ2n) is 18.6. The summed E-state index contributed by atoms with van der Waals surface area (Å²) >= 11 is 0. The van der Waals surface area contributed by atoms with Crippen LogP contribution in [-0.2, 0) is 14.3 Å². The number of rotatable bonds is 50. The lowest BCUT2D eigenvalue weighted by atomic mass is 10.0. The minimum absolute atomic E-state index is 0.00409. The number of aliphatic hydroxyl groups excluding tert-OH is 2. The fourth-order valence-corrected chi connectivity index (χ4v) is 8.40. The fraction of sp³-hybridized carbons (Fsp3) is 0.926. The first-order valence-corrected chi connectivity index (χ1v) is 27.0. The molecule has 2 atom stereocenters. The first kappa shape index (κ1) is 58.6. The summed E-state index contributed by atoms with van der Waals surface area (Å²) < 4.78 is 5.48. The molecule has 0 aliphatic carbocycles. The Morgan fingerprint density at radius 3 is 1.13 bits per heavy atom. The number of amides is 1. The molecule has 0 saturated heterocycles. The van der Waals surface area contributed by atoms with Crippen LogP contribution in [0.1, 0.15) is 296 Å². The van der Waals surface area contributed by atoms with Gasteiger partial charge < -0.3 is 20.3 Å². The molecule has 6 heteroatoms. The Balaban J connectivity index is 3.38. The Bertz CT molecular complexity index is 893. The summed E-state index contributed by atoms with van der Waals surface area (Å²) in [5.74, 6) is -0.0741. The van der Waals surface area contributed by atoms with Gasteiger partial charge in [-0.15, -0.1) is 0 Å². The highest BCUT2D eigenvalue weighted by molar-refractivity contribution is 5.76. The SMILES string of the molecule is CCCCCCCCC/C=C/C(O)C(CO)NC(=O)CCCCCCCCCCCCCCCCCOC(=O)CCCCCCCCCCCCCCCCCCCCC. The zero-order valence-electron chi connectivity index (χ0n) is 40.5. The molecular formula is C54H105NO5. The third-order valence-electron chi connectivity index (χ3n) is 12.6. The number of allylic oxidation sites excluding steroid dienone is 1. The minimum atomic E-state index is -0.847. The predicted molar refractivity (Wildman–Crippen MR) is 260 cm³/mol. The van der Waals surface area contributed by atoms with Crippen LogP contribution in [-0.4, -0.2) is 47.4 Å². The van der Waals surface area contributed by atoms with E-state index in [4.69, 9.17) is 4.74 Å². The van der Waals surface area contributed by atoms with Gasteiger partial charge in [-0.1, -0.05) is 264 Å². The first-order valence-electron chi connectivity index (χ1n) is 27.0. The molecule has 0 aromatic rings. The van der Waals surface area contributed by atoms with E-state index >= 15 is 0 Å². The standard InChI is InChI=1S/C54H105NO5/c1-3-5-7-9-11-13-14-15-16-17-18-19-22-25-28-32-36-40-44-48-54(59)60-49-45-41-37-33-29-26-23-20-21-24-27-31-35-39-43-47-53(58)55-51(50-56)52(57)46-42-38-34-30-12-10-8-6-4-2/h42,46,51-52,56-57H,3-41,43-45,47-50H2,1-2H3,(H,55,58)/b46-42+. The van der Waals surface area contributed by atoms with Gasteiger partial charge in [0.15, 0.2) is 0 Å². The average molecular weight is 848 g/mol. The van der Waals surface area contributed by atoms with Crippen molar-refractivity contribution in [2.24, 2.45) is 0 Å². The van der Waals surface area contributed by atoms with Crippen molar-refractivity contribution in [1.82, 2.24) is 5.32 Å². The maximum Gasteiger partial charge on any atom is 0.305 e. The highest BCUT2D eigenvalue weighted by atomic mass is 16.5. The van der Waals surface area contributed by atoms with Crippen LogP contribution in [0, 0.1) is 0 Å². The smallest absolute Gasteiger partial charge is 0.305 e. The van der Waals surface area contributed by atoms with E-state index in [2.05, 4.69) is 19.2 Å². The molecule has 0 spiro atoms. The number of hydrogen-bond acceptors (Lipinski definition) is 5. The zero-order chi connectivity index (χ0) is 43.7. The van der Waals surface area contributed by atoms with E-state index in [0.29, 0.717) is 19.4 Å². The van der Waals surface area contributed by atoms with E-state index in [1.165, 1.54) is 225 Å². The fourth-order valence-electron chi connectivity index (χ4n) is 8.40. The monoisotopic (exact) mass is 848 g/mol. The Hall–Kier alpha value is -1.40. The lowest BCUT2D eigenvalue weighted by Gasteiger charge is -2.20. The lowest BCUT2D eigenvalue weighted by molar-refractivity contribution is -0.143. The van der Waals surface area contributed by atoms with Crippen LogP contribution in [0.4, 0.5) is 0 Å². The molecular weight excluding hydrogens is 743 g/mol. The normalized spacial score (nSPS) is 12.7. The summed E-state index contributed by atoms with van der Waals surface area (Å²) in [7, 11) is 0. The highest BCUT2D eigenvalue weighted by Crippen LogP contribution is 2.17. The van der Waals surface area contributed by atoms with Crippen LogP contribution < -0.4 is 5.32 Å². The molecule has 1 amide bonds. The van der Waals surface area contributed by atoms with Crippen molar-refractivity contribution in [3.05, 3.63) is 12.2 Å². The number of carbonyl (C=O) groups is 2. The van der Waals surface area contributed by atoms with Gasteiger partial charge in [-0.25, -0.2) is 0 Å². The molecule has 0 fully saturated rings. The third kappa shape index (κ3) is 46.1. The molecule has 0 aliphatic rings. The van der Waals surface area contributed by atoms with E-state index in [-0.39, 0.29) is 18.5 Å². The Kier molecular flexibility index (Phi) is 49.1. The second kappa shape index (κ2) is 50.2. The van der Waals surface area contributed by atoms with Gasteiger partial charge in [0.25, 0.3) is 0 Å². The molecule has 356 valence electrons. The van der Waals surface area contributed by atoms with Gasteiger partial charge in [0.2, 0.25) is 5.91 Å². The van der Waals surface area contributed by atoms with Crippen molar-refractivity contribution < 1.29 is 24.5 Å². The molecule has 0 saturated carbocycles. The number of carbonyl (C=O) groups excluding carboxylic acids is 2. The van der Waals surface area contributed by atoms with Crippen LogP contribution in [0.2, 0.25) is 0 Å². The first-order chi connectivity index (χ1) is 29.5. The Morgan fingerprint density at radius 2 is 0.767 bits per heavy atom. The van der Waals surface area contributed by atoms with E-state index < -0.39 is 12.1 Å². The van der Waals surface area contributed by atoms with E-state index in [9.17, 15) is 19.8 Å². The van der Waals surface area contributed by atoms with E-state index in [1.54, 1.807) is 6.08 Å². The minimum Gasteiger partial charge on any atom is -0.466 e. The van der Waals surface area contributed by atoms with Gasteiger partial charge in [0.1, 0.15) is 0 Å².